The van der Waals surface area contributed by atoms with Gasteiger partial charge in [-0.3, -0.25) is 4.79 Å². The molecule has 30 heavy (non-hydrogen) atoms. The van der Waals surface area contributed by atoms with Gasteiger partial charge < -0.3 is 0 Å². The fourth-order valence-electron chi connectivity index (χ4n) is 3.24. The maximum absolute atomic E-state index is 13.7. The summed E-state index contributed by atoms with van der Waals surface area (Å²) in [4.78, 5) is 13.6. The summed E-state index contributed by atoms with van der Waals surface area (Å²) in [7, 11) is -3.42. The Bertz CT molecular complexity index is 1400. The van der Waals surface area contributed by atoms with Crippen molar-refractivity contribution in [3.05, 3.63) is 101 Å². The first-order valence-corrected chi connectivity index (χ1v) is 11.0. The quantitative estimate of drug-likeness (QED) is 0.498. The van der Waals surface area contributed by atoms with Crippen molar-refractivity contribution in [2.24, 2.45) is 0 Å². The van der Waals surface area contributed by atoms with Crippen molar-refractivity contribution in [2.45, 2.75) is 4.90 Å². The van der Waals surface area contributed by atoms with Gasteiger partial charge in [0.15, 0.2) is 9.84 Å². The first kappa shape index (κ1) is 19.7. The third-order valence-electron chi connectivity index (χ3n) is 4.67. The predicted molar refractivity (Wildman–Crippen MR) is 114 cm³/mol. The molecule has 0 saturated heterocycles. The van der Waals surface area contributed by atoms with Gasteiger partial charge in [0.05, 0.1) is 22.3 Å². The van der Waals surface area contributed by atoms with E-state index in [-0.39, 0.29) is 4.90 Å². The van der Waals surface area contributed by atoms with Crippen LogP contribution in [-0.4, -0.2) is 24.5 Å². The number of nitrogens with zero attached hydrogens (tertiary/aromatic N) is 2. The SMILES string of the molecule is CS(=O)(=O)c1cccc(-c2cnn(-c3cccc(F)c3)c(=O)c2-c2ccccc2)c1. The molecule has 0 radical (unpaired) electrons. The first-order valence-electron chi connectivity index (χ1n) is 9.09. The minimum absolute atomic E-state index is 0.147. The fraction of sp³-hybridized carbons (Fsp3) is 0.0435. The Balaban J connectivity index is 2.01. The molecule has 0 bridgehead atoms. The molecule has 3 aromatic carbocycles. The molecule has 0 fully saturated rings. The molecule has 0 atom stereocenters. The summed E-state index contributed by atoms with van der Waals surface area (Å²) in [5, 5.41) is 4.23. The van der Waals surface area contributed by atoms with Crippen molar-refractivity contribution >= 4 is 9.84 Å². The van der Waals surface area contributed by atoms with E-state index in [1.165, 1.54) is 36.5 Å². The molecule has 0 spiro atoms. The van der Waals surface area contributed by atoms with Crippen molar-refractivity contribution in [3.8, 4) is 27.9 Å². The largest absolute Gasteiger partial charge is 0.280 e. The highest BCUT2D eigenvalue weighted by atomic mass is 32.2. The molecule has 0 N–H and O–H groups in total. The lowest BCUT2D eigenvalue weighted by atomic mass is 9.97. The second-order valence-corrected chi connectivity index (χ2v) is 8.81. The Labute approximate surface area is 173 Å². The van der Waals surface area contributed by atoms with E-state index in [9.17, 15) is 17.6 Å². The monoisotopic (exact) mass is 420 g/mol. The number of rotatable bonds is 4. The van der Waals surface area contributed by atoms with Gasteiger partial charge in [0.1, 0.15) is 5.82 Å². The van der Waals surface area contributed by atoms with Crippen molar-refractivity contribution in [2.75, 3.05) is 6.26 Å². The predicted octanol–water partition coefficient (Wildman–Crippen LogP) is 4.11. The molecule has 0 aliphatic heterocycles. The Morgan fingerprint density at radius 2 is 1.57 bits per heavy atom. The van der Waals surface area contributed by atoms with Crippen LogP contribution in [0.1, 0.15) is 0 Å². The average molecular weight is 420 g/mol. The highest BCUT2D eigenvalue weighted by Gasteiger charge is 2.17. The molecule has 0 saturated carbocycles. The average Bonchev–Trinajstić information content (AvgIpc) is 2.73. The van der Waals surface area contributed by atoms with E-state index in [1.54, 1.807) is 42.5 Å². The Morgan fingerprint density at radius 1 is 0.867 bits per heavy atom. The molecule has 0 aliphatic rings. The normalized spacial score (nSPS) is 11.4. The summed E-state index contributed by atoms with van der Waals surface area (Å²) >= 11 is 0. The van der Waals surface area contributed by atoms with Crippen molar-refractivity contribution < 1.29 is 12.8 Å². The Morgan fingerprint density at radius 3 is 2.27 bits per heavy atom. The van der Waals surface area contributed by atoms with E-state index in [1.807, 2.05) is 6.07 Å². The molecular formula is C23H17FN2O3S. The summed E-state index contributed by atoms with van der Waals surface area (Å²) in [5.74, 6) is -0.479. The van der Waals surface area contributed by atoms with E-state index < -0.39 is 21.2 Å². The zero-order chi connectivity index (χ0) is 21.3. The van der Waals surface area contributed by atoms with Gasteiger partial charge in [0, 0.05) is 11.8 Å². The van der Waals surface area contributed by atoms with Gasteiger partial charge in [-0.25, -0.2) is 12.8 Å². The van der Waals surface area contributed by atoms with Crippen molar-refractivity contribution in [1.82, 2.24) is 9.78 Å². The van der Waals surface area contributed by atoms with E-state index >= 15 is 0 Å². The number of benzene rings is 3. The summed E-state index contributed by atoms with van der Waals surface area (Å²) in [5.41, 5.74) is 1.90. The van der Waals surface area contributed by atoms with E-state index in [0.717, 1.165) is 10.9 Å². The minimum Gasteiger partial charge on any atom is -0.267 e. The first-order chi connectivity index (χ1) is 14.3. The van der Waals surface area contributed by atoms with Crippen LogP contribution in [0.4, 0.5) is 4.39 Å². The number of aromatic nitrogens is 2. The van der Waals surface area contributed by atoms with Crippen LogP contribution in [0.25, 0.3) is 27.9 Å². The zero-order valence-corrected chi connectivity index (χ0v) is 16.8. The lowest BCUT2D eigenvalue weighted by Crippen LogP contribution is -2.23. The molecule has 7 heteroatoms. The molecule has 5 nitrogen and oxygen atoms in total. The molecule has 0 aliphatic carbocycles. The van der Waals surface area contributed by atoms with E-state index in [4.69, 9.17) is 0 Å². The van der Waals surface area contributed by atoms with Crippen molar-refractivity contribution in [3.63, 3.8) is 0 Å². The topological polar surface area (TPSA) is 69.0 Å². The fourth-order valence-corrected chi connectivity index (χ4v) is 3.91. The van der Waals surface area contributed by atoms with Gasteiger partial charge in [-0.15, -0.1) is 0 Å². The number of hydrogen-bond donors (Lipinski definition) is 0. The second-order valence-electron chi connectivity index (χ2n) is 6.80. The minimum atomic E-state index is -3.42. The summed E-state index contributed by atoms with van der Waals surface area (Å²) in [6.45, 7) is 0. The Kier molecular flexibility index (Phi) is 5.05. The highest BCUT2D eigenvalue weighted by Crippen LogP contribution is 2.30. The second kappa shape index (κ2) is 7.68. The maximum atomic E-state index is 13.7. The smallest absolute Gasteiger partial charge is 0.267 e. The van der Waals surface area contributed by atoms with Crippen LogP contribution in [0.5, 0.6) is 0 Å². The van der Waals surface area contributed by atoms with Crippen LogP contribution in [0, 0.1) is 5.82 Å². The molecule has 150 valence electrons. The van der Waals surface area contributed by atoms with Gasteiger partial charge in [-0.05, 0) is 41.5 Å². The molecule has 0 amide bonds. The van der Waals surface area contributed by atoms with Gasteiger partial charge >= 0.3 is 0 Å². The molecular weight excluding hydrogens is 403 g/mol. The highest BCUT2D eigenvalue weighted by molar-refractivity contribution is 7.90. The summed E-state index contributed by atoms with van der Waals surface area (Å²) < 4.78 is 38.8. The lowest BCUT2D eigenvalue weighted by Gasteiger charge is -2.13. The summed E-state index contributed by atoms with van der Waals surface area (Å²) in [6.07, 6.45) is 2.63. The van der Waals surface area contributed by atoms with Gasteiger partial charge in [0.2, 0.25) is 0 Å². The third-order valence-corrected chi connectivity index (χ3v) is 5.78. The number of hydrogen-bond acceptors (Lipinski definition) is 4. The molecule has 1 heterocycles. The van der Waals surface area contributed by atoms with Gasteiger partial charge in [-0.1, -0.05) is 48.5 Å². The third kappa shape index (κ3) is 3.79. The number of sulfone groups is 1. The van der Waals surface area contributed by atoms with Crippen LogP contribution in [0.3, 0.4) is 0 Å². The molecule has 4 aromatic rings. The van der Waals surface area contributed by atoms with Crippen LogP contribution < -0.4 is 5.56 Å². The van der Waals surface area contributed by atoms with Crippen LogP contribution in [0.15, 0.2) is 94.7 Å². The maximum Gasteiger partial charge on any atom is 0.280 e. The van der Waals surface area contributed by atoms with Gasteiger partial charge in [0.25, 0.3) is 5.56 Å². The van der Waals surface area contributed by atoms with Crippen molar-refractivity contribution in [1.29, 1.82) is 0 Å². The number of halogens is 1. The van der Waals surface area contributed by atoms with Crippen LogP contribution in [-0.2, 0) is 9.84 Å². The molecule has 4 rings (SSSR count). The lowest BCUT2D eigenvalue weighted by molar-refractivity contribution is 0.602. The van der Waals surface area contributed by atoms with Crippen LogP contribution >= 0.6 is 0 Å². The Hall–Kier alpha value is -3.58. The van der Waals surface area contributed by atoms with E-state index in [2.05, 4.69) is 5.10 Å². The zero-order valence-electron chi connectivity index (χ0n) is 16.0. The molecule has 0 unspecified atom stereocenters. The summed E-state index contributed by atoms with van der Waals surface area (Å²) in [6, 6.07) is 21.0. The van der Waals surface area contributed by atoms with Crippen LogP contribution in [0.2, 0.25) is 0 Å². The van der Waals surface area contributed by atoms with Gasteiger partial charge in [-0.2, -0.15) is 9.78 Å². The standard InChI is InChI=1S/C23H17FN2O3S/c1-30(28,29)20-12-5-9-17(13-20)21-15-25-26(19-11-6-10-18(24)14-19)23(27)22(21)16-7-3-2-4-8-16/h2-15H,1H3. The molecule has 1 aromatic heterocycles. The van der Waals surface area contributed by atoms with E-state index in [0.29, 0.717) is 27.9 Å².